The summed E-state index contributed by atoms with van der Waals surface area (Å²) in [6, 6.07) is 6.85. The molecule has 0 aliphatic carbocycles. The average Bonchev–Trinajstić information content (AvgIpc) is 2.36. The molecule has 0 aliphatic rings. The van der Waals surface area contributed by atoms with E-state index in [-0.39, 0.29) is 15.7 Å². The third-order valence-corrected chi connectivity index (χ3v) is 3.79. The van der Waals surface area contributed by atoms with Gasteiger partial charge in [0.2, 0.25) is 0 Å². The van der Waals surface area contributed by atoms with E-state index in [2.05, 4.69) is 21.2 Å². The van der Waals surface area contributed by atoms with Gasteiger partial charge in [-0.3, -0.25) is 4.79 Å². The zero-order chi connectivity index (χ0) is 14.9. The van der Waals surface area contributed by atoms with Gasteiger partial charge in [-0.15, -0.1) is 0 Å². The van der Waals surface area contributed by atoms with Crippen molar-refractivity contribution in [2.45, 2.75) is 0 Å². The molecule has 0 fully saturated rings. The number of hydrogen-bond donors (Lipinski definition) is 2. The number of nitrogens with one attached hydrogen (secondary N) is 1. The number of amides is 1. The van der Waals surface area contributed by atoms with Crippen LogP contribution >= 0.6 is 39.1 Å². The summed E-state index contributed by atoms with van der Waals surface area (Å²) in [5.41, 5.74) is 6.68. The minimum absolute atomic E-state index is 0.0258. The number of carbonyl (C=O) groups is 1. The van der Waals surface area contributed by atoms with Crippen LogP contribution in [-0.2, 0) is 0 Å². The van der Waals surface area contributed by atoms with Crippen LogP contribution in [0.1, 0.15) is 10.4 Å². The summed E-state index contributed by atoms with van der Waals surface area (Å²) < 4.78 is 13.7. The maximum absolute atomic E-state index is 13.1. The molecule has 104 valence electrons. The molecule has 0 atom stereocenters. The molecule has 0 spiro atoms. The Morgan fingerprint density at radius 1 is 1.20 bits per heavy atom. The van der Waals surface area contributed by atoms with Gasteiger partial charge in [-0.1, -0.05) is 23.2 Å². The monoisotopic (exact) mass is 376 g/mol. The third kappa shape index (κ3) is 3.23. The van der Waals surface area contributed by atoms with Gasteiger partial charge in [0.15, 0.2) is 0 Å². The third-order valence-electron chi connectivity index (χ3n) is 2.51. The molecule has 0 heterocycles. The summed E-state index contributed by atoms with van der Waals surface area (Å²) in [5, 5.41) is 2.59. The molecule has 0 aliphatic heterocycles. The molecule has 1 amide bonds. The van der Waals surface area contributed by atoms with Crippen LogP contribution < -0.4 is 11.1 Å². The lowest BCUT2D eigenvalue weighted by Gasteiger charge is -2.10. The molecular formula is C13H8BrCl2FN2O. The molecule has 0 unspecified atom stereocenters. The van der Waals surface area contributed by atoms with Crippen molar-refractivity contribution in [3.05, 3.63) is 56.2 Å². The van der Waals surface area contributed by atoms with Crippen molar-refractivity contribution in [1.29, 1.82) is 0 Å². The summed E-state index contributed by atoms with van der Waals surface area (Å²) in [4.78, 5) is 12.1. The summed E-state index contributed by atoms with van der Waals surface area (Å²) in [7, 11) is 0. The van der Waals surface area contributed by atoms with Gasteiger partial charge >= 0.3 is 0 Å². The van der Waals surface area contributed by atoms with E-state index >= 15 is 0 Å². The smallest absolute Gasteiger partial charge is 0.255 e. The fourth-order valence-corrected chi connectivity index (χ4v) is 2.45. The lowest BCUT2D eigenvalue weighted by molar-refractivity contribution is 0.102. The van der Waals surface area contributed by atoms with Gasteiger partial charge in [-0.05, 0) is 46.3 Å². The maximum atomic E-state index is 13.1. The number of nitrogen functional groups attached to an aromatic ring is 1. The number of halogens is 4. The predicted molar refractivity (Wildman–Crippen MR) is 82.9 cm³/mol. The van der Waals surface area contributed by atoms with Gasteiger partial charge in [0.25, 0.3) is 5.91 Å². The van der Waals surface area contributed by atoms with Crippen LogP contribution in [0.3, 0.4) is 0 Å². The molecular weight excluding hydrogens is 370 g/mol. The lowest BCUT2D eigenvalue weighted by atomic mass is 10.2. The minimum atomic E-state index is -0.576. The molecule has 2 aromatic carbocycles. The molecule has 20 heavy (non-hydrogen) atoms. The second-order valence-electron chi connectivity index (χ2n) is 3.93. The largest absolute Gasteiger partial charge is 0.398 e. The number of anilines is 2. The second-order valence-corrected chi connectivity index (χ2v) is 5.60. The van der Waals surface area contributed by atoms with Crippen molar-refractivity contribution in [2.75, 3.05) is 11.1 Å². The molecule has 0 aromatic heterocycles. The molecule has 2 aromatic rings. The quantitative estimate of drug-likeness (QED) is 0.743. The Labute approximate surface area is 133 Å². The van der Waals surface area contributed by atoms with E-state index in [1.807, 2.05) is 0 Å². The van der Waals surface area contributed by atoms with Gasteiger partial charge < -0.3 is 11.1 Å². The molecule has 2 rings (SSSR count). The molecule has 0 saturated heterocycles. The molecule has 0 radical (unpaired) electrons. The Balaban J connectivity index is 2.30. The van der Waals surface area contributed by atoms with Crippen LogP contribution in [0.25, 0.3) is 0 Å². The fraction of sp³-hybridized carbons (Fsp3) is 0. The first-order valence-corrected chi connectivity index (χ1v) is 6.94. The number of hydrogen-bond acceptors (Lipinski definition) is 2. The minimum Gasteiger partial charge on any atom is -0.398 e. The summed E-state index contributed by atoms with van der Waals surface area (Å²) >= 11 is 14.9. The number of rotatable bonds is 2. The first-order valence-electron chi connectivity index (χ1n) is 5.39. The van der Waals surface area contributed by atoms with Crippen LogP contribution in [0.2, 0.25) is 10.0 Å². The number of nitrogens with two attached hydrogens (primary N) is 1. The summed E-state index contributed by atoms with van der Waals surface area (Å²) in [6.07, 6.45) is 0. The van der Waals surface area contributed by atoms with Crippen molar-refractivity contribution in [3.8, 4) is 0 Å². The first-order chi connectivity index (χ1) is 9.38. The normalized spacial score (nSPS) is 10.4. The van der Waals surface area contributed by atoms with Gasteiger partial charge in [0.05, 0.1) is 15.7 Å². The highest BCUT2D eigenvalue weighted by Crippen LogP contribution is 2.32. The Hall–Kier alpha value is -1.30. The molecule has 0 saturated carbocycles. The number of carbonyl (C=O) groups excluding carboxylic acids is 1. The van der Waals surface area contributed by atoms with Crippen LogP contribution in [-0.4, -0.2) is 5.91 Å². The van der Waals surface area contributed by atoms with Gasteiger partial charge in [0.1, 0.15) is 5.82 Å². The van der Waals surface area contributed by atoms with E-state index in [0.717, 1.165) is 12.1 Å². The van der Waals surface area contributed by atoms with Crippen molar-refractivity contribution in [2.24, 2.45) is 0 Å². The Bertz CT molecular complexity index is 671. The highest BCUT2D eigenvalue weighted by molar-refractivity contribution is 9.10. The van der Waals surface area contributed by atoms with Crippen LogP contribution in [0.15, 0.2) is 34.8 Å². The van der Waals surface area contributed by atoms with E-state index in [9.17, 15) is 9.18 Å². The second kappa shape index (κ2) is 5.99. The van der Waals surface area contributed by atoms with Crippen LogP contribution in [0, 0.1) is 5.82 Å². The first kappa shape index (κ1) is 15.1. The van der Waals surface area contributed by atoms with E-state index in [1.54, 1.807) is 18.2 Å². The van der Waals surface area contributed by atoms with Crippen molar-refractivity contribution < 1.29 is 9.18 Å². The number of benzene rings is 2. The Morgan fingerprint density at radius 2 is 1.80 bits per heavy atom. The molecule has 7 heteroatoms. The van der Waals surface area contributed by atoms with Crippen molar-refractivity contribution in [1.82, 2.24) is 0 Å². The zero-order valence-corrected chi connectivity index (χ0v) is 13.0. The average molecular weight is 378 g/mol. The van der Waals surface area contributed by atoms with Gasteiger partial charge in [0, 0.05) is 15.7 Å². The van der Waals surface area contributed by atoms with Crippen LogP contribution in [0.5, 0.6) is 0 Å². The summed E-state index contributed by atoms with van der Waals surface area (Å²) in [5.74, 6) is -1.01. The summed E-state index contributed by atoms with van der Waals surface area (Å²) in [6.45, 7) is 0. The zero-order valence-electron chi connectivity index (χ0n) is 9.88. The topological polar surface area (TPSA) is 55.1 Å². The van der Waals surface area contributed by atoms with Crippen LogP contribution in [0.4, 0.5) is 15.8 Å². The molecule has 3 N–H and O–H groups in total. The standard InChI is InChI=1S/C13H8BrCl2FN2O/c14-8-3-6(1-2-11(8)18)13(20)19-12-9(15)4-7(17)5-10(12)16/h1-5H,18H2,(H,19,20). The molecule has 0 bridgehead atoms. The lowest BCUT2D eigenvalue weighted by Crippen LogP contribution is -2.13. The maximum Gasteiger partial charge on any atom is 0.255 e. The highest BCUT2D eigenvalue weighted by atomic mass is 79.9. The SMILES string of the molecule is Nc1ccc(C(=O)Nc2c(Cl)cc(F)cc2Cl)cc1Br. The van der Waals surface area contributed by atoms with E-state index < -0.39 is 11.7 Å². The van der Waals surface area contributed by atoms with E-state index in [4.69, 9.17) is 28.9 Å². The Kier molecular flexibility index (Phi) is 4.52. The van der Waals surface area contributed by atoms with Gasteiger partial charge in [-0.2, -0.15) is 0 Å². The van der Waals surface area contributed by atoms with E-state index in [0.29, 0.717) is 15.7 Å². The fourth-order valence-electron chi connectivity index (χ4n) is 1.52. The highest BCUT2D eigenvalue weighted by Gasteiger charge is 2.14. The molecule has 3 nitrogen and oxygen atoms in total. The van der Waals surface area contributed by atoms with E-state index in [1.165, 1.54) is 0 Å². The van der Waals surface area contributed by atoms with Crippen molar-refractivity contribution >= 4 is 56.4 Å². The van der Waals surface area contributed by atoms with Gasteiger partial charge in [-0.25, -0.2) is 4.39 Å². The Morgan fingerprint density at radius 3 is 2.35 bits per heavy atom. The predicted octanol–water partition coefficient (Wildman–Crippen LogP) is 4.73. The van der Waals surface area contributed by atoms with Crippen molar-refractivity contribution in [3.63, 3.8) is 0 Å².